The molecule has 0 atom stereocenters. The van der Waals surface area contributed by atoms with Crippen molar-refractivity contribution in [2.45, 2.75) is 64.6 Å². The van der Waals surface area contributed by atoms with E-state index in [2.05, 4.69) is 64.7 Å². The van der Waals surface area contributed by atoms with E-state index in [1.54, 1.807) is 38.4 Å². The number of ether oxygens (including phenoxy) is 1. The van der Waals surface area contributed by atoms with Crippen LogP contribution in [0.25, 0.3) is 11.3 Å². The minimum Gasteiger partial charge on any atom is -0.507 e. The Kier molecular flexibility index (Phi) is 6.55. The Hall–Kier alpha value is -3.00. The molecule has 1 aromatic heterocycles. The molecule has 2 aromatic rings. The fourth-order valence-corrected chi connectivity index (χ4v) is 4.54. The minimum atomic E-state index is 0.0239. The molecule has 1 aromatic carbocycles. The van der Waals surface area contributed by atoms with Crippen LogP contribution in [0.15, 0.2) is 41.7 Å². The summed E-state index contributed by atoms with van der Waals surface area (Å²) in [5.74, 6) is 1.52. The highest BCUT2D eigenvalue weighted by Crippen LogP contribution is 2.33. The molecular weight excluding hydrogens is 404 g/mol. The zero-order valence-corrected chi connectivity index (χ0v) is 20.1. The number of allylic oxidation sites excluding steroid dienone is 1. The van der Waals surface area contributed by atoms with E-state index in [0.717, 1.165) is 12.8 Å². The molecule has 0 bridgehead atoms. The number of phenols is 1. The minimum absolute atomic E-state index is 0.0239. The maximum Gasteiger partial charge on any atom is 0.245 e. The highest BCUT2D eigenvalue weighted by atomic mass is 16.5. The topological polar surface area (TPSA) is 95.8 Å². The second-order valence-electron chi connectivity index (χ2n) is 9.77. The Morgan fingerprint density at radius 2 is 1.88 bits per heavy atom. The van der Waals surface area contributed by atoms with Crippen LogP contribution < -0.4 is 10.2 Å². The standard InChI is InChI=1S/C24H34N6O2/c1-15(2)32-21(25-7)16-9-10-18(20(31)11-16)19-14-26-22(28-27-19)30(8)17-12-23(3,4)29-24(5,6)13-17/h9-11,14,17,29,31H,1,12-13H2,2-8H3. The third-order valence-corrected chi connectivity index (χ3v) is 5.58. The van der Waals surface area contributed by atoms with Crippen molar-refractivity contribution < 1.29 is 9.84 Å². The summed E-state index contributed by atoms with van der Waals surface area (Å²) in [4.78, 5) is 10.8. The van der Waals surface area contributed by atoms with Crippen LogP contribution in [0.3, 0.4) is 0 Å². The maximum absolute atomic E-state index is 10.6. The van der Waals surface area contributed by atoms with Gasteiger partial charge >= 0.3 is 0 Å². The van der Waals surface area contributed by atoms with Gasteiger partial charge in [-0.15, -0.1) is 10.2 Å². The number of phenolic OH excluding ortho intramolecular Hbond substituents is 1. The SMILES string of the molecule is C=C(C)OC(=NC)c1ccc(-c2cnc(N(C)C3CC(C)(C)NC(C)(C)C3)nn2)c(O)c1. The first kappa shape index (κ1) is 23.7. The maximum atomic E-state index is 10.6. The summed E-state index contributed by atoms with van der Waals surface area (Å²) in [6.45, 7) is 14.4. The van der Waals surface area contributed by atoms with Crippen molar-refractivity contribution >= 4 is 11.8 Å². The van der Waals surface area contributed by atoms with Gasteiger partial charge in [0.15, 0.2) is 0 Å². The van der Waals surface area contributed by atoms with Crippen LogP contribution in [0.2, 0.25) is 0 Å². The van der Waals surface area contributed by atoms with Gasteiger partial charge in [0, 0.05) is 42.3 Å². The van der Waals surface area contributed by atoms with Crippen molar-refractivity contribution in [1.82, 2.24) is 20.5 Å². The largest absolute Gasteiger partial charge is 0.507 e. The molecule has 3 rings (SSSR count). The van der Waals surface area contributed by atoms with Crippen molar-refractivity contribution in [2.24, 2.45) is 4.99 Å². The summed E-state index contributed by atoms with van der Waals surface area (Å²) in [6, 6.07) is 5.44. The molecule has 172 valence electrons. The molecule has 0 radical (unpaired) electrons. The molecule has 2 N–H and O–H groups in total. The van der Waals surface area contributed by atoms with Crippen molar-refractivity contribution in [1.29, 1.82) is 0 Å². The van der Waals surface area contributed by atoms with Crippen LogP contribution in [-0.2, 0) is 4.74 Å². The van der Waals surface area contributed by atoms with E-state index >= 15 is 0 Å². The van der Waals surface area contributed by atoms with E-state index in [0.29, 0.717) is 40.5 Å². The Labute approximate surface area is 190 Å². The van der Waals surface area contributed by atoms with Crippen molar-refractivity contribution in [3.8, 4) is 17.0 Å². The molecule has 1 aliphatic heterocycles. The summed E-state index contributed by atoms with van der Waals surface area (Å²) >= 11 is 0. The van der Waals surface area contributed by atoms with Crippen LogP contribution >= 0.6 is 0 Å². The van der Waals surface area contributed by atoms with Crippen LogP contribution in [0.4, 0.5) is 5.95 Å². The quantitative estimate of drug-likeness (QED) is 0.415. The molecule has 8 nitrogen and oxygen atoms in total. The number of aromatic nitrogens is 3. The summed E-state index contributed by atoms with van der Waals surface area (Å²) < 4.78 is 5.51. The lowest BCUT2D eigenvalue weighted by atomic mass is 9.79. The van der Waals surface area contributed by atoms with Gasteiger partial charge in [0.1, 0.15) is 11.4 Å². The summed E-state index contributed by atoms with van der Waals surface area (Å²) in [5, 5.41) is 23.0. The zero-order valence-electron chi connectivity index (χ0n) is 20.1. The molecule has 1 fully saturated rings. The molecule has 1 saturated heterocycles. The number of hydrogen-bond acceptors (Lipinski definition) is 8. The Bertz CT molecular complexity index is 998. The lowest BCUT2D eigenvalue weighted by Crippen LogP contribution is -2.62. The molecule has 0 aliphatic carbocycles. The number of aromatic hydroxyl groups is 1. The lowest BCUT2D eigenvalue weighted by Gasteiger charge is -2.48. The van der Waals surface area contributed by atoms with Crippen LogP contribution in [0, 0.1) is 0 Å². The van der Waals surface area contributed by atoms with Crippen molar-refractivity contribution in [3.63, 3.8) is 0 Å². The van der Waals surface area contributed by atoms with Crippen molar-refractivity contribution in [3.05, 3.63) is 42.3 Å². The van der Waals surface area contributed by atoms with E-state index in [4.69, 9.17) is 4.74 Å². The van der Waals surface area contributed by atoms with E-state index in [9.17, 15) is 5.11 Å². The number of piperidine rings is 1. The second-order valence-corrected chi connectivity index (χ2v) is 9.77. The average molecular weight is 439 g/mol. The fraction of sp³-hybridized carbons (Fsp3) is 0.500. The molecule has 1 aliphatic rings. The normalized spacial score (nSPS) is 18.3. The zero-order chi connectivity index (χ0) is 23.7. The first-order valence-electron chi connectivity index (χ1n) is 10.8. The summed E-state index contributed by atoms with van der Waals surface area (Å²) in [7, 11) is 3.64. The molecule has 0 amide bonds. The number of benzene rings is 1. The highest BCUT2D eigenvalue weighted by Gasteiger charge is 2.39. The van der Waals surface area contributed by atoms with Gasteiger partial charge in [0.2, 0.25) is 11.8 Å². The van der Waals surface area contributed by atoms with E-state index in [1.165, 1.54) is 0 Å². The number of nitrogens with zero attached hydrogens (tertiary/aromatic N) is 5. The Morgan fingerprint density at radius 3 is 2.38 bits per heavy atom. The highest BCUT2D eigenvalue weighted by molar-refractivity contribution is 5.95. The monoisotopic (exact) mass is 438 g/mol. The van der Waals surface area contributed by atoms with Gasteiger partial charge in [-0.2, -0.15) is 0 Å². The molecule has 0 saturated carbocycles. The summed E-state index contributed by atoms with van der Waals surface area (Å²) in [5.41, 5.74) is 1.72. The average Bonchev–Trinajstić information content (AvgIpc) is 2.69. The first-order valence-corrected chi connectivity index (χ1v) is 10.8. The van der Waals surface area contributed by atoms with Crippen LogP contribution in [0.5, 0.6) is 5.75 Å². The molecule has 32 heavy (non-hydrogen) atoms. The Morgan fingerprint density at radius 1 is 1.22 bits per heavy atom. The molecule has 0 unspecified atom stereocenters. The van der Waals surface area contributed by atoms with E-state index in [-0.39, 0.29) is 16.8 Å². The van der Waals surface area contributed by atoms with Gasteiger partial charge in [0.25, 0.3) is 0 Å². The van der Waals surface area contributed by atoms with Gasteiger partial charge in [0.05, 0.1) is 12.0 Å². The molecule has 2 heterocycles. The van der Waals surface area contributed by atoms with Gasteiger partial charge in [-0.1, -0.05) is 6.58 Å². The lowest BCUT2D eigenvalue weighted by molar-refractivity contribution is 0.160. The van der Waals surface area contributed by atoms with Crippen LogP contribution in [0.1, 0.15) is 53.0 Å². The second kappa shape index (κ2) is 8.86. The fourth-order valence-electron chi connectivity index (χ4n) is 4.54. The number of hydrogen-bond donors (Lipinski definition) is 2. The predicted octanol–water partition coefficient (Wildman–Crippen LogP) is 3.92. The Balaban J connectivity index is 1.80. The van der Waals surface area contributed by atoms with Gasteiger partial charge in [-0.25, -0.2) is 4.98 Å². The number of anilines is 1. The van der Waals surface area contributed by atoms with E-state index in [1.807, 2.05) is 7.05 Å². The molecular formula is C24H34N6O2. The van der Waals surface area contributed by atoms with Gasteiger partial charge < -0.3 is 20.1 Å². The number of rotatable bonds is 5. The third kappa shape index (κ3) is 5.43. The first-order chi connectivity index (χ1) is 14.9. The smallest absolute Gasteiger partial charge is 0.245 e. The third-order valence-electron chi connectivity index (χ3n) is 5.58. The van der Waals surface area contributed by atoms with Crippen LogP contribution in [-0.4, -0.2) is 57.4 Å². The van der Waals surface area contributed by atoms with Crippen molar-refractivity contribution in [2.75, 3.05) is 19.0 Å². The molecule has 0 spiro atoms. The predicted molar refractivity (Wildman–Crippen MR) is 128 cm³/mol. The summed E-state index contributed by atoms with van der Waals surface area (Å²) in [6.07, 6.45) is 3.60. The number of nitrogens with one attached hydrogen (secondary N) is 1. The number of aliphatic imine (C=N–C) groups is 1. The van der Waals surface area contributed by atoms with E-state index < -0.39 is 0 Å². The van der Waals surface area contributed by atoms with Gasteiger partial charge in [-0.05, 0) is 65.7 Å². The molecule has 8 heteroatoms. The van der Waals surface area contributed by atoms with Gasteiger partial charge in [-0.3, -0.25) is 4.99 Å².